The van der Waals surface area contributed by atoms with Crippen LogP contribution < -0.4 is 11.1 Å². The predicted molar refractivity (Wildman–Crippen MR) is 71.2 cm³/mol. The molecule has 0 aliphatic rings. The van der Waals surface area contributed by atoms with Gasteiger partial charge in [0.25, 0.3) is 0 Å². The van der Waals surface area contributed by atoms with Gasteiger partial charge in [-0.2, -0.15) is 0 Å². The maximum Gasteiger partial charge on any atom is 0.312 e. The summed E-state index contributed by atoms with van der Waals surface area (Å²) in [6.07, 6.45) is 1.77. The van der Waals surface area contributed by atoms with Crippen LogP contribution in [0.25, 0.3) is 0 Å². The number of amides is 2. The number of nitrogens with two attached hydrogens (primary N) is 1. The number of nitrogens with one attached hydrogen (secondary N) is 1. The fourth-order valence-corrected chi connectivity index (χ4v) is 1.77. The maximum absolute atomic E-state index is 12.9. The second kappa shape index (κ2) is 7.58. The van der Waals surface area contributed by atoms with Crippen molar-refractivity contribution in [2.45, 2.75) is 19.4 Å². The molecule has 0 saturated carbocycles. The zero-order valence-corrected chi connectivity index (χ0v) is 11.0. The van der Waals surface area contributed by atoms with Gasteiger partial charge in [0.05, 0.1) is 0 Å². The Morgan fingerprint density at radius 1 is 1.47 bits per heavy atom. The van der Waals surface area contributed by atoms with Gasteiger partial charge in [-0.1, -0.05) is 6.07 Å². The molecule has 0 unspecified atom stereocenters. The molecular weight excluding hydrogens is 249 g/mol. The number of carbonyl (C=O) groups excluding carboxylic acids is 1. The lowest BCUT2D eigenvalue weighted by Crippen LogP contribution is -2.30. The lowest BCUT2D eigenvalue weighted by Gasteiger charge is -2.16. The first-order chi connectivity index (χ1) is 8.99. The van der Waals surface area contributed by atoms with E-state index in [1.807, 2.05) is 7.05 Å². The third-order valence-corrected chi connectivity index (χ3v) is 2.73. The molecule has 0 bridgehead atoms. The normalized spacial score (nSPS) is 10.7. The molecule has 0 aliphatic carbocycles. The van der Waals surface area contributed by atoms with Crippen molar-refractivity contribution in [3.05, 3.63) is 29.6 Å². The number of primary amides is 1. The van der Waals surface area contributed by atoms with Crippen LogP contribution in [0.3, 0.4) is 0 Å². The first kappa shape index (κ1) is 15.2. The Bertz CT molecular complexity index is 426. The molecule has 0 atom stereocenters. The summed E-state index contributed by atoms with van der Waals surface area (Å²) in [5.74, 6) is -0.930. The molecule has 0 saturated heterocycles. The van der Waals surface area contributed by atoms with E-state index in [1.54, 1.807) is 6.07 Å². The molecule has 0 fully saturated rings. The number of urea groups is 1. The second-order valence-electron chi connectivity index (χ2n) is 4.52. The van der Waals surface area contributed by atoms with Crippen LogP contribution in [-0.4, -0.2) is 36.2 Å². The van der Waals surface area contributed by atoms with Gasteiger partial charge >= 0.3 is 6.03 Å². The number of phenolic OH excluding ortho intramolecular Hbond substituents is 1. The second-order valence-corrected chi connectivity index (χ2v) is 4.52. The van der Waals surface area contributed by atoms with Crippen LogP contribution in [0.4, 0.5) is 9.18 Å². The first-order valence-corrected chi connectivity index (χ1v) is 6.18. The van der Waals surface area contributed by atoms with Gasteiger partial charge in [-0.05, 0) is 44.1 Å². The fourth-order valence-electron chi connectivity index (χ4n) is 1.77. The molecule has 1 rings (SSSR count). The molecule has 0 aromatic heterocycles. The van der Waals surface area contributed by atoms with E-state index in [-0.39, 0.29) is 5.75 Å². The number of rotatable bonds is 7. The van der Waals surface area contributed by atoms with Crippen LogP contribution >= 0.6 is 0 Å². The molecule has 19 heavy (non-hydrogen) atoms. The molecule has 0 aliphatic heterocycles. The fraction of sp³-hybridized carbons (Fsp3) is 0.462. The number of nitrogens with zero attached hydrogens (tertiary/aromatic N) is 1. The van der Waals surface area contributed by atoms with E-state index in [0.29, 0.717) is 13.1 Å². The number of benzene rings is 1. The van der Waals surface area contributed by atoms with Gasteiger partial charge in [0.1, 0.15) is 0 Å². The molecule has 106 valence electrons. The van der Waals surface area contributed by atoms with E-state index in [0.717, 1.165) is 24.9 Å². The monoisotopic (exact) mass is 269 g/mol. The Kier molecular flexibility index (Phi) is 6.08. The predicted octanol–water partition coefficient (Wildman–Crippen LogP) is 1.41. The molecule has 5 nitrogen and oxygen atoms in total. The maximum atomic E-state index is 12.9. The largest absolute Gasteiger partial charge is 0.505 e. The minimum Gasteiger partial charge on any atom is -0.505 e. The van der Waals surface area contributed by atoms with Gasteiger partial charge < -0.3 is 21.1 Å². The Hall–Kier alpha value is -1.82. The highest BCUT2D eigenvalue weighted by Gasteiger charge is 2.04. The van der Waals surface area contributed by atoms with E-state index in [4.69, 9.17) is 5.73 Å². The zero-order valence-electron chi connectivity index (χ0n) is 11.0. The molecule has 0 heterocycles. The quantitative estimate of drug-likeness (QED) is 0.655. The van der Waals surface area contributed by atoms with Crippen molar-refractivity contribution in [3.63, 3.8) is 0 Å². The minimum absolute atomic E-state index is 0.323. The standard InChI is InChI=1S/C13H20FN3O2/c1-17(7-3-2-6-16-13(15)19)9-10-4-5-11(14)12(18)8-10/h4-5,8,18H,2-3,6-7,9H2,1H3,(H3,15,16,19). The van der Waals surface area contributed by atoms with Crippen molar-refractivity contribution in [2.75, 3.05) is 20.1 Å². The van der Waals surface area contributed by atoms with Crippen molar-refractivity contribution in [2.24, 2.45) is 5.73 Å². The van der Waals surface area contributed by atoms with Gasteiger partial charge in [-0.15, -0.1) is 0 Å². The summed E-state index contributed by atoms with van der Waals surface area (Å²) in [7, 11) is 1.95. The molecule has 6 heteroatoms. The van der Waals surface area contributed by atoms with E-state index < -0.39 is 11.8 Å². The summed E-state index contributed by atoms with van der Waals surface area (Å²) in [6, 6.07) is 3.84. The molecule has 1 aromatic carbocycles. The Morgan fingerprint density at radius 3 is 2.84 bits per heavy atom. The average Bonchev–Trinajstić information content (AvgIpc) is 2.33. The number of phenols is 1. The first-order valence-electron chi connectivity index (χ1n) is 6.18. The number of hydrogen-bond acceptors (Lipinski definition) is 3. The van der Waals surface area contributed by atoms with E-state index in [9.17, 15) is 14.3 Å². The number of unbranched alkanes of at least 4 members (excludes halogenated alkanes) is 1. The summed E-state index contributed by atoms with van der Waals surface area (Å²) in [5.41, 5.74) is 5.81. The van der Waals surface area contributed by atoms with Crippen molar-refractivity contribution in [1.29, 1.82) is 0 Å². The highest BCUT2D eigenvalue weighted by molar-refractivity contribution is 5.71. The Morgan fingerprint density at radius 2 is 2.21 bits per heavy atom. The van der Waals surface area contributed by atoms with Crippen LogP contribution in [0.5, 0.6) is 5.75 Å². The van der Waals surface area contributed by atoms with Gasteiger partial charge in [0, 0.05) is 13.1 Å². The van der Waals surface area contributed by atoms with Gasteiger partial charge in [0.2, 0.25) is 0 Å². The van der Waals surface area contributed by atoms with Crippen molar-refractivity contribution >= 4 is 6.03 Å². The van der Waals surface area contributed by atoms with Crippen LogP contribution in [0.1, 0.15) is 18.4 Å². The summed E-state index contributed by atoms with van der Waals surface area (Å²) >= 11 is 0. The number of aromatic hydroxyl groups is 1. The highest BCUT2D eigenvalue weighted by atomic mass is 19.1. The molecule has 2 amide bonds. The SMILES string of the molecule is CN(CCCCNC(N)=O)Cc1ccc(F)c(O)c1. The van der Waals surface area contributed by atoms with E-state index in [2.05, 4.69) is 10.2 Å². The van der Waals surface area contributed by atoms with Crippen LogP contribution in [0, 0.1) is 5.82 Å². The Labute approximate surface area is 112 Å². The number of carbonyl (C=O) groups is 1. The van der Waals surface area contributed by atoms with Crippen molar-refractivity contribution in [3.8, 4) is 5.75 Å². The van der Waals surface area contributed by atoms with Crippen LogP contribution in [0.2, 0.25) is 0 Å². The summed E-state index contributed by atoms with van der Waals surface area (Å²) in [6.45, 7) is 2.05. The van der Waals surface area contributed by atoms with Gasteiger partial charge in [-0.3, -0.25) is 0 Å². The third-order valence-electron chi connectivity index (χ3n) is 2.73. The zero-order chi connectivity index (χ0) is 14.3. The molecule has 0 spiro atoms. The van der Waals surface area contributed by atoms with Crippen LogP contribution in [-0.2, 0) is 6.54 Å². The van der Waals surface area contributed by atoms with E-state index in [1.165, 1.54) is 12.1 Å². The van der Waals surface area contributed by atoms with Gasteiger partial charge in [-0.25, -0.2) is 9.18 Å². The molecule has 4 N–H and O–H groups in total. The topological polar surface area (TPSA) is 78.6 Å². The highest BCUT2D eigenvalue weighted by Crippen LogP contribution is 2.17. The number of halogens is 1. The van der Waals surface area contributed by atoms with Gasteiger partial charge in [0.15, 0.2) is 11.6 Å². The third kappa shape index (κ3) is 6.05. The van der Waals surface area contributed by atoms with Crippen molar-refractivity contribution < 1.29 is 14.3 Å². The molecule has 1 aromatic rings. The lowest BCUT2D eigenvalue weighted by molar-refractivity contribution is 0.248. The van der Waals surface area contributed by atoms with E-state index >= 15 is 0 Å². The minimum atomic E-state index is -0.607. The average molecular weight is 269 g/mol. The summed E-state index contributed by atoms with van der Waals surface area (Å²) in [5, 5.41) is 11.8. The van der Waals surface area contributed by atoms with Crippen molar-refractivity contribution in [1.82, 2.24) is 10.2 Å². The molecular formula is C13H20FN3O2. The summed E-state index contributed by atoms with van der Waals surface area (Å²) < 4.78 is 12.9. The van der Waals surface area contributed by atoms with Crippen LogP contribution in [0.15, 0.2) is 18.2 Å². The number of hydrogen-bond donors (Lipinski definition) is 3. The smallest absolute Gasteiger partial charge is 0.312 e. The Balaban J connectivity index is 2.25. The lowest BCUT2D eigenvalue weighted by atomic mass is 10.2. The summed E-state index contributed by atoms with van der Waals surface area (Å²) in [4.78, 5) is 12.5. The molecule has 0 radical (unpaired) electrons.